The molecule has 0 spiro atoms. The maximum Gasteiger partial charge on any atom is 0.215 e. The molecule has 0 saturated heterocycles. The molecule has 1 aromatic heterocycles. The lowest BCUT2D eigenvalue weighted by Gasteiger charge is -2.05. The summed E-state index contributed by atoms with van der Waals surface area (Å²) >= 11 is 0. The predicted molar refractivity (Wildman–Crippen MR) is 82.4 cm³/mol. The highest BCUT2D eigenvalue weighted by Crippen LogP contribution is 2.21. The van der Waals surface area contributed by atoms with Crippen molar-refractivity contribution in [3.05, 3.63) is 59.4 Å². The number of nitrogens with zero attached hydrogens (tertiary/aromatic N) is 2. The average molecular weight is 279 g/mol. The molecular formula is C17H17N3O. The van der Waals surface area contributed by atoms with Gasteiger partial charge in [-0.25, -0.2) is 0 Å². The van der Waals surface area contributed by atoms with Crippen LogP contribution in [0.3, 0.4) is 0 Å². The van der Waals surface area contributed by atoms with Crippen LogP contribution in [-0.2, 0) is 6.42 Å². The SMILES string of the molecule is CCCCc1n[nH]nc1C(=O)c1cccc2ccccc12. The second-order valence-electron chi connectivity index (χ2n) is 5.08. The van der Waals surface area contributed by atoms with Crippen LogP contribution in [0, 0.1) is 0 Å². The van der Waals surface area contributed by atoms with Crippen molar-refractivity contribution in [2.45, 2.75) is 26.2 Å². The van der Waals surface area contributed by atoms with E-state index in [4.69, 9.17) is 0 Å². The fraction of sp³-hybridized carbons (Fsp3) is 0.235. The van der Waals surface area contributed by atoms with Gasteiger partial charge in [-0.05, 0) is 23.6 Å². The van der Waals surface area contributed by atoms with Crippen molar-refractivity contribution in [1.29, 1.82) is 0 Å². The molecule has 4 heteroatoms. The zero-order chi connectivity index (χ0) is 14.7. The molecule has 2 aromatic carbocycles. The van der Waals surface area contributed by atoms with Gasteiger partial charge in [-0.2, -0.15) is 15.4 Å². The van der Waals surface area contributed by atoms with Crippen molar-refractivity contribution in [2.24, 2.45) is 0 Å². The number of aromatic amines is 1. The Morgan fingerprint density at radius 1 is 1.10 bits per heavy atom. The van der Waals surface area contributed by atoms with Gasteiger partial charge in [0.15, 0.2) is 5.69 Å². The van der Waals surface area contributed by atoms with Crippen molar-refractivity contribution < 1.29 is 4.79 Å². The lowest BCUT2D eigenvalue weighted by Crippen LogP contribution is -2.06. The molecule has 0 aliphatic heterocycles. The summed E-state index contributed by atoms with van der Waals surface area (Å²) < 4.78 is 0. The number of carbonyl (C=O) groups is 1. The lowest BCUT2D eigenvalue weighted by molar-refractivity contribution is 0.103. The van der Waals surface area contributed by atoms with Gasteiger partial charge in [0.2, 0.25) is 5.78 Å². The molecule has 21 heavy (non-hydrogen) atoms. The van der Waals surface area contributed by atoms with Gasteiger partial charge in [-0.1, -0.05) is 55.8 Å². The second kappa shape index (κ2) is 5.87. The predicted octanol–water partition coefficient (Wildman–Crippen LogP) is 3.53. The minimum atomic E-state index is -0.0633. The van der Waals surface area contributed by atoms with Crippen LogP contribution in [0.5, 0.6) is 0 Å². The van der Waals surface area contributed by atoms with Gasteiger partial charge in [0.05, 0.1) is 5.69 Å². The van der Waals surface area contributed by atoms with Crippen LogP contribution in [0.25, 0.3) is 10.8 Å². The Balaban J connectivity index is 2.03. The molecule has 0 unspecified atom stereocenters. The second-order valence-corrected chi connectivity index (χ2v) is 5.08. The number of carbonyl (C=O) groups excluding carboxylic acids is 1. The summed E-state index contributed by atoms with van der Waals surface area (Å²) in [5.41, 5.74) is 1.88. The van der Waals surface area contributed by atoms with Gasteiger partial charge in [0.25, 0.3) is 0 Å². The molecule has 0 fully saturated rings. The van der Waals surface area contributed by atoms with E-state index >= 15 is 0 Å². The van der Waals surface area contributed by atoms with Crippen molar-refractivity contribution in [3.63, 3.8) is 0 Å². The van der Waals surface area contributed by atoms with Crippen molar-refractivity contribution in [1.82, 2.24) is 15.4 Å². The fourth-order valence-corrected chi connectivity index (χ4v) is 2.50. The highest BCUT2D eigenvalue weighted by Gasteiger charge is 2.19. The van der Waals surface area contributed by atoms with Gasteiger partial charge < -0.3 is 0 Å². The number of aromatic nitrogens is 3. The first kappa shape index (κ1) is 13.5. The summed E-state index contributed by atoms with van der Waals surface area (Å²) in [4.78, 5) is 12.8. The summed E-state index contributed by atoms with van der Waals surface area (Å²) in [5.74, 6) is -0.0633. The van der Waals surface area contributed by atoms with Crippen LogP contribution in [0.4, 0.5) is 0 Å². The molecule has 0 aliphatic carbocycles. The van der Waals surface area contributed by atoms with E-state index in [1.165, 1.54) is 0 Å². The molecule has 106 valence electrons. The van der Waals surface area contributed by atoms with Crippen LogP contribution in [0.2, 0.25) is 0 Å². The Hall–Kier alpha value is -2.49. The number of hydrogen-bond donors (Lipinski definition) is 1. The number of aryl methyl sites for hydroxylation is 1. The number of unbranched alkanes of at least 4 members (excludes halogenated alkanes) is 1. The van der Waals surface area contributed by atoms with Crippen molar-refractivity contribution in [2.75, 3.05) is 0 Å². The number of ketones is 1. The van der Waals surface area contributed by atoms with Gasteiger partial charge >= 0.3 is 0 Å². The molecule has 0 atom stereocenters. The third-order valence-electron chi connectivity index (χ3n) is 3.64. The monoisotopic (exact) mass is 279 g/mol. The topological polar surface area (TPSA) is 58.6 Å². The molecule has 3 aromatic rings. The zero-order valence-corrected chi connectivity index (χ0v) is 12.0. The van der Waals surface area contributed by atoms with E-state index in [2.05, 4.69) is 22.3 Å². The minimum Gasteiger partial charge on any atom is -0.287 e. The summed E-state index contributed by atoms with van der Waals surface area (Å²) in [6.07, 6.45) is 2.84. The van der Waals surface area contributed by atoms with E-state index in [0.29, 0.717) is 11.3 Å². The van der Waals surface area contributed by atoms with Crippen LogP contribution in [0.15, 0.2) is 42.5 Å². The fourth-order valence-electron chi connectivity index (χ4n) is 2.50. The van der Waals surface area contributed by atoms with Gasteiger partial charge in [0, 0.05) is 5.56 Å². The quantitative estimate of drug-likeness (QED) is 0.727. The average Bonchev–Trinajstić information content (AvgIpc) is 3.00. The van der Waals surface area contributed by atoms with E-state index < -0.39 is 0 Å². The van der Waals surface area contributed by atoms with E-state index in [0.717, 1.165) is 35.7 Å². The summed E-state index contributed by atoms with van der Waals surface area (Å²) in [6.45, 7) is 2.12. The molecule has 0 aliphatic rings. The van der Waals surface area contributed by atoms with E-state index in [-0.39, 0.29) is 5.78 Å². The maximum atomic E-state index is 12.8. The first-order chi connectivity index (χ1) is 10.3. The van der Waals surface area contributed by atoms with Gasteiger partial charge in [-0.15, -0.1) is 0 Å². The molecule has 0 amide bonds. The Kier molecular flexibility index (Phi) is 3.77. The van der Waals surface area contributed by atoms with Crippen LogP contribution in [-0.4, -0.2) is 21.2 Å². The van der Waals surface area contributed by atoms with Crippen molar-refractivity contribution in [3.8, 4) is 0 Å². The standard InChI is InChI=1S/C17H17N3O/c1-2-3-11-15-16(19-20-18-15)17(21)14-10-6-8-12-7-4-5-9-13(12)14/h4-10H,2-3,11H2,1H3,(H,18,19,20). The van der Waals surface area contributed by atoms with Crippen LogP contribution >= 0.6 is 0 Å². The summed E-state index contributed by atoms with van der Waals surface area (Å²) in [6, 6.07) is 13.7. The summed E-state index contributed by atoms with van der Waals surface area (Å²) in [5, 5.41) is 12.8. The number of benzene rings is 2. The number of fused-ring (bicyclic) bond motifs is 1. The molecule has 0 radical (unpaired) electrons. The Bertz CT molecular complexity index is 771. The number of rotatable bonds is 5. The third-order valence-corrected chi connectivity index (χ3v) is 3.64. The van der Waals surface area contributed by atoms with Crippen molar-refractivity contribution >= 4 is 16.6 Å². The molecule has 3 rings (SSSR count). The molecule has 0 bridgehead atoms. The largest absolute Gasteiger partial charge is 0.287 e. The lowest BCUT2D eigenvalue weighted by atomic mass is 9.98. The molecule has 1 heterocycles. The first-order valence-corrected chi connectivity index (χ1v) is 7.23. The molecular weight excluding hydrogens is 262 g/mol. The van der Waals surface area contributed by atoms with Gasteiger partial charge in [0.1, 0.15) is 0 Å². The zero-order valence-electron chi connectivity index (χ0n) is 12.0. The van der Waals surface area contributed by atoms with Crippen LogP contribution in [0.1, 0.15) is 41.5 Å². The van der Waals surface area contributed by atoms with Gasteiger partial charge in [-0.3, -0.25) is 4.79 Å². The molecule has 0 saturated carbocycles. The Morgan fingerprint density at radius 3 is 2.76 bits per heavy atom. The number of H-pyrrole nitrogens is 1. The van der Waals surface area contributed by atoms with E-state index in [1.807, 2.05) is 42.5 Å². The number of nitrogens with one attached hydrogen (secondary N) is 1. The van der Waals surface area contributed by atoms with E-state index in [9.17, 15) is 4.79 Å². The highest BCUT2D eigenvalue weighted by atomic mass is 16.1. The normalized spacial score (nSPS) is 10.9. The van der Waals surface area contributed by atoms with Crippen LogP contribution < -0.4 is 0 Å². The Morgan fingerprint density at radius 2 is 1.90 bits per heavy atom. The smallest absolute Gasteiger partial charge is 0.215 e. The third kappa shape index (κ3) is 2.57. The number of hydrogen-bond acceptors (Lipinski definition) is 3. The Labute approximate surface area is 123 Å². The molecule has 4 nitrogen and oxygen atoms in total. The highest BCUT2D eigenvalue weighted by molar-refractivity contribution is 6.15. The van der Waals surface area contributed by atoms with E-state index in [1.54, 1.807) is 0 Å². The summed E-state index contributed by atoms with van der Waals surface area (Å²) in [7, 11) is 0. The molecule has 1 N–H and O–H groups in total. The first-order valence-electron chi connectivity index (χ1n) is 7.23. The minimum absolute atomic E-state index is 0.0633. The maximum absolute atomic E-state index is 12.8.